The van der Waals surface area contributed by atoms with E-state index in [1.807, 2.05) is 0 Å². The quantitative estimate of drug-likeness (QED) is 0.422. The maximum atomic E-state index is 13.7. The molecular formula is C26H27Cl2N3O4S. The summed E-state index contributed by atoms with van der Waals surface area (Å²) in [4.78, 5) is 27.5. The van der Waals surface area contributed by atoms with Gasteiger partial charge in [0, 0.05) is 23.6 Å². The average Bonchev–Trinajstić information content (AvgIpc) is 2.86. The van der Waals surface area contributed by atoms with Crippen molar-refractivity contribution < 1.29 is 18.0 Å². The van der Waals surface area contributed by atoms with Gasteiger partial charge >= 0.3 is 0 Å². The third kappa shape index (κ3) is 6.19. The normalized spacial score (nSPS) is 12.0. The summed E-state index contributed by atoms with van der Waals surface area (Å²) in [6.45, 7) is 2.84. The Kier molecular flexibility index (Phi) is 9.00. The van der Waals surface area contributed by atoms with Gasteiger partial charge in [-0.05, 0) is 61.4 Å². The van der Waals surface area contributed by atoms with Crippen LogP contribution in [0, 0.1) is 6.92 Å². The standard InChI is InChI=1S/C26H27Cl2N3O4S/c1-18-8-4-7-11-24(18)31(36(34,35)22-14-12-21(27)13-15-22)17-25(32)30(19(2)26(33)29-3)16-20-9-5-6-10-23(20)28/h4-15,19H,16-17H2,1-3H3,(H,29,33)/t19-/m0/s1. The predicted molar refractivity (Wildman–Crippen MR) is 143 cm³/mol. The number of rotatable bonds is 9. The molecule has 0 bridgehead atoms. The third-order valence-electron chi connectivity index (χ3n) is 5.78. The van der Waals surface area contributed by atoms with E-state index in [1.165, 1.54) is 36.2 Å². The Hall–Kier alpha value is -3.07. The molecule has 0 saturated heterocycles. The molecular weight excluding hydrogens is 521 g/mol. The van der Waals surface area contributed by atoms with Crippen molar-refractivity contribution in [1.82, 2.24) is 10.2 Å². The summed E-state index contributed by atoms with van der Waals surface area (Å²) < 4.78 is 28.5. The van der Waals surface area contributed by atoms with Gasteiger partial charge in [-0.25, -0.2) is 8.42 Å². The fourth-order valence-electron chi connectivity index (χ4n) is 3.69. The van der Waals surface area contributed by atoms with Crippen LogP contribution in [0.3, 0.4) is 0 Å². The van der Waals surface area contributed by atoms with Crippen LogP contribution in [-0.4, -0.2) is 44.8 Å². The van der Waals surface area contributed by atoms with Crippen molar-refractivity contribution in [1.29, 1.82) is 0 Å². The average molecular weight is 548 g/mol. The van der Waals surface area contributed by atoms with E-state index in [2.05, 4.69) is 5.32 Å². The molecule has 10 heteroatoms. The number of hydrogen-bond donors (Lipinski definition) is 1. The number of likely N-dealkylation sites (N-methyl/N-ethyl adjacent to an activating group) is 1. The highest BCUT2D eigenvalue weighted by Gasteiger charge is 2.33. The van der Waals surface area contributed by atoms with Gasteiger partial charge < -0.3 is 10.2 Å². The zero-order valence-corrected chi connectivity index (χ0v) is 22.4. The molecule has 0 radical (unpaired) electrons. The van der Waals surface area contributed by atoms with Crippen LogP contribution in [0.25, 0.3) is 0 Å². The number of sulfonamides is 1. The van der Waals surface area contributed by atoms with Gasteiger partial charge in [-0.1, -0.05) is 59.6 Å². The zero-order valence-electron chi connectivity index (χ0n) is 20.1. The Balaban J connectivity index is 2.06. The van der Waals surface area contributed by atoms with E-state index in [4.69, 9.17) is 23.2 Å². The second kappa shape index (κ2) is 11.8. The minimum Gasteiger partial charge on any atom is -0.357 e. The molecule has 2 amide bonds. The fourth-order valence-corrected chi connectivity index (χ4v) is 5.49. The number of nitrogens with zero attached hydrogens (tertiary/aromatic N) is 2. The van der Waals surface area contributed by atoms with E-state index in [0.29, 0.717) is 26.9 Å². The first-order valence-electron chi connectivity index (χ1n) is 11.1. The molecule has 36 heavy (non-hydrogen) atoms. The second-order valence-electron chi connectivity index (χ2n) is 8.16. The minimum absolute atomic E-state index is 0.0139. The summed E-state index contributed by atoms with van der Waals surface area (Å²) >= 11 is 12.3. The van der Waals surface area contributed by atoms with E-state index >= 15 is 0 Å². The Bertz CT molecular complexity index is 1350. The van der Waals surface area contributed by atoms with E-state index < -0.39 is 34.4 Å². The lowest BCUT2D eigenvalue weighted by Crippen LogP contribution is -2.50. The number of para-hydroxylation sites is 1. The van der Waals surface area contributed by atoms with Gasteiger partial charge in [-0.3, -0.25) is 13.9 Å². The Morgan fingerprint density at radius 2 is 1.56 bits per heavy atom. The lowest BCUT2D eigenvalue weighted by molar-refractivity contribution is -0.139. The Labute approximate surface area is 221 Å². The number of aryl methyl sites for hydroxylation is 1. The molecule has 0 fully saturated rings. The van der Waals surface area contributed by atoms with Crippen molar-refractivity contribution >= 4 is 50.7 Å². The summed E-state index contributed by atoms with van der Waals surface area (Å²) in [5.74, 6) is -0.954. The van der Waals surface area contributed by atoms with Crippen LogP contribution in [0.5, 0.6) is 0 Å². The molecule has 3 rings (SSSR count). The van der Waals surface area contributed by atoms with E-state index in [-0.39, 0.29) is 11.4 Å². The molecule has 7 nitrogen and oxygen atoms in total. The summed E-state index contributed by atoms with van der Waals surface area (Å²) in [5.41, 5.74) is 1.65. The number of carbonyl (C=O) groups excluding carboxylic acids is 2. The zero-order chi connectivity index (χ0) is 26.5. The Morgan fingerprint density at radius 3 is 2.17 bits per heavy atom. The molecule has 0 aliphatic rings. The summed E-state index contributed by atoms with van der Waals surface area (Å²) in [6, 6.07) is 18.7. The lowest BCUT2D eigenvalue weighted by atomic mass is 10.1. The minimum atomic E-state index is -4.15. The summed E-state index contributed by atoms with van der Waals surface area (Å²) in [7, 11) is -2.68. The number of benzene rings is 3. The van der Waals surface area contributed by atoms with E-state index in [9.17, 15) is 18.0 Å². The highest BCUT2D eigenvalue weighted by molar-refractivity contribution is 7.92. The van der Waals surface area contributed by atoms with E-state index in [0.717, 1.165) is 4.31 Å². The van der Waals surface area contributed by atoms with Crippen molar-refractivity contribution in [2.24, 2.45) is 0 Å². The topological polar surface area (TPSA) is 86.8 Å². The van der Waals surface area contributed by atoms with Crippen molar-refractivity contribution in [3.8, 4) is 0 Å². The SMILES string of the molecule is CNC(=O)[C@H](C)N(Cc1ccccc1Cl)C(=O)CN(c1ccccc1C)S(=O)(=O)c1ccc(Cl)cc1. The molecule has 0 spiro atoms. The first-order valence-corrected chi connectivity index (χ1v) is 13.3. The van der Waals surface area contributed by atoms with E-state index in [1.54, 1.807) is 62.4 Å². The summed E-state index contributed by atoms with van der Waals surface area (Å²) in [5, 5.41) is 3.37. The Morgan fingerprint density at radius 1 is 0.944 bits per heavy atom. The first kappa shape index (κ1) is 27.5. The van der Waals surface area contributed by atoms with Crippen LogP contribution in [0.15, 0.2) is 77.7 Å². The molecule has 3 aromatic rings. The molecule has 3 aromatic carbocycles. The molecule has 0 heterocycles. The lowest BCUT2D eigenvalue weighted by Gasteiger charge is -2.32. The molecule has 0 unspecified atom stereocenters. The maximum Gasteiger partial charge on any atom is 0.264 e. The smallest absolute Gasteiger partial charge is 0.264 e. The number of carbonyl (C=O) groups is 2. The van der Waals surface area contributed by atoms with Crippen LogP contribution in [0.4, 0.5) is 5.69 Å². The van der Waals surface area contributed by atoms with Gasteiger partial charge in [0.2, 0.25) is 11.8 Å². The molecule has 0 aliphatic carbocycles. The molecule has 1 N–H and O–H groups in total. The number of anilines is 1. The molecule has 0 saturated carbocycles. The van der Waals surface area contributed by atoms with Crippen molar-refractivity contribution in [3.63, 3.8) is 0 Å². The fraction of sp³-hybridized carbons (Fsp3) is 0.231. The molecule has 0 aromatic heterocycles. The van der Waals surface area contributed by atoms with Crippen LogP contribution in [0.2, 0.25) is 10.0 Å². The number of amides is 2. The van der Waals surface area contributed by atoms with Gasteiger partial charge in [-0.15, -0.1) is 0 Å². The number of halogens is 2. The van der Waals surface area contributed by atoms with Crippen molar-refractivity contribution in [2.45, 2.75) is 31.3 Å². The maximum absolute atomic E-state index is 13.7. The monoisotopic (exact) mass is 547 g/mol. The van der Waals surface area contributed by atoms with Gasteiger partial charge in [0.15, 0.2) is 0 Å². The first-order chi connectivity index (χ1) is 17.1. The number of hydrogen-bond acceptors (Lipinski definition) is 4. The van der Waals surface area contributed by atoms with Gasteiger partial charge in [0.05, 0.1) is 10.6 Å². The largest absolute Gasteiger partial charge is 0.357 e. The van der Waals surface area contributed by atoms with Crippen LogP contribution < -0.4 is 9.62 Å². The highest BCUT2D eigenvalue weighted by Crippen LogP contribution is 2.28. The van der Waals surface area contributed by atoms with Crippen LogP contribution >= 0.6 is 23.2 Å². The summed E-state index contributed by atoms with van der Waals surface area (Å²) in [6.07, 6.45) is 0. The van der Waals surface area contributed by atoms with Crippen LogP contribution in [0.1, 0.15) is 18.1 Å². The van der Waals surface area contributed by atoms with Gasteiger partial charge in [-0.2, -0.15) is 0 Å². The molecule has 1 atom stereocenters. The molecule has 0 aliphatic heterocycles. The predicted octanol–water partition coefficient (Wildman–Crippen LogP) is 4.66. The highest BCUT2D eigenvalue weighted by atomic mass is 35.5. The second-order valence-corrected chi connectivity index (χ2v) is 10.9. The van der Waals surface area contributed by atoms with Gasteiger partial charge in [0.1, 0.15) is 12.6 Å². The van der Waals surface area contributed by atoms with Gasteiger partial charge in [0.25, 0.3) is 10.0 Å². The molecule has 190 valence electrons. The van der Waals surface area contributed by atoms with Crippen LogP contribution in [-0.2, 0) is 26.2 Å². The third-order valence-corrected chi connectivity index (χ3v) is 8.17. The van der Waals surface area contributed by atoms with Crippen molar-refractivity contribution in [3.05, 3.63) is 94.0 Å². The van der Waals surface area contributed by atoms with Crippen molar-refractivity contribution in [2.75, 3.05) is 17.9 Å². The number of nitrogens with one attached hydrogen (secondary N) is 1.